The van der Waals surface area contributed by atoms with Crippen LogP contribution in [0, 0.1) is 0 Å². The van der Waals surface area contributed by atoms with Crippen molar-refractivity contribution in [2.45, 2.75) is 12.5 Å². The molecule has 1 unspecified atom stereocenters. The Morgan fingerprint density at radius 3 is 3.00 bits per heavy atom. The second-order valence-electron chi connectivity index (χ2n) is 3.70. The Labute approximate surface area is 101 Å². The maximum atomic E-state index is 11.8. The molecule has 1 N–H and O–H groups in total. The van der Waals surface area contributed by atoms with E-state index in [9.17, 15) is 9.90 Å². The van der Waals surface area contributed by atoms with E-state index in [2.05, 4.69) is 15.9 Å². The van der Waals surface area contributed by atoms with E-state index in [4.69, 9.17) is 0 Å². The van der Waals surface area contributed by atoms with Gasteiger partial charge >= 0.3 is 0 Å². The summed E-state index contributed by atoms with van der Waals surface area (Å²) in [6.45, 7) is 1.86. The molecule has 5 heteroatoms. The average Bonchev–Trinajstić information content (AvgIpc) is 2.75. The number of aliphatic hydroxyl groups is 1. The molecule has 1 fully saturated rings. The molecule has 15 heavy (non-hydrogen) atoms. The summed E-state index contributed by atoms with van der Waals surface area (Å²) in [5, 5.41) is 9.33. The van der Waals surface area contributed by atoms with Gasteiger partial charge in [0, 0.05) is 13.1 Å². The van der Waals surface area contributed by atoms with Gasteiger partial charge < -0.3 is 5.11 Å². The number of thiophene rings is 1. The summed E-state index contributed by atoms with van der Waals surface area (Å²) in [5.74, 6) is 0.139. The van der Waals surface area contributed by atoms with Crippen molar-refractivity contribution in [1.82, 2.24) is 4.90 Å². The number of ketones is 1. The van der Waals surface area contributed by atoms with Crippen molar-refractivity contribution in [3.63, 3.8) is 0 Å². The van der Waals surface area contributed by atoms with Crippen LogP contribution in [0.15, 0.2) is 15.9 Å². The number of hydrogen-bond acceptors (Lipinski definition) is 4. The SMILES string of the molecule is O=C(CN1CCC(O)C1)c1ccc(Br)s1. The second kappa shape index (κ2) is 4.74. The molecule has 0 bridgehead atoms. The zero-order chi connectivity index (χ0) is 10.8. The van der Waals surface area contributed by atoms with Crippen molar-refractivity contribution in [3.8, 4) is 0 Å². The van der Waals surface area contributed by atoms with Gasteiger partial charge in [-0.2, -0.15) is 0 Å². The lowest BCUT2D eigenvalue weighted by atomic mass is 10.3. The third kappa shape index (κ3) is 2.87. The number of aliphatic hydroxyl groups excluding tert-OH is 1. The first-order valence-electron chi connectivity index (χ1n) is 4.84. The largest absolute Gasteiger partial charge is 0.392 e. The van der Waals surface area contributed by atoms with Gasteiger partial charge in [-0.05, 0) is 34.5 Å². The lowest BCUT2D eigenvalue weighted by Crippen LogP contribution is -2.28. The Balaban J connectivity index is 1.92. The third-order valence-corrected chi connectivity index (χ3v) is 4.13. The topological polar surface area (TPSA) is 40.5 Å². The molecular weight excluding hydrogens is 278 g/mol. The minimum absolute atomic E-state index is 0.139. The van der Waals surface area contributed by atoms with E-state index in [1.807, 2.05) is 17.0 Å². The highest BCUT2D eigenvalue weighted by atomic mass is 79.9. The molecule has 1 aromatic heterocycles. The van der Waals surface area contributed by atoms with Gasteiger partial charge in [-0.3, -0.25) is 9.69 Å². The Hall–Kier alpha value is -0.230. The number of Topliss-reactive ketones (excluding diaryl/α,β-unsaturated/α-hetero) is 1. The number of rotatable bonds is 3. The molecule has 2 rings (SSSR count). The standard InChI is InChI=1S/C10H12BrNO2S/c11-10-2-1-9(15-10)8(14)6-12-4-3-7(13)5-12/h1-2,7,13H,3-6H2. The fourth-order valence-electron chi connectivity index (χ4n) is 1.70. The van der Waals surface area contributed by atoms with E-state index in [1.54, 1.807) is 0 Å². The van der Waals surface area contributed by atoms with E-state index in [0.29, 0.717) is 13.1 Å². The minimum Gasteiger partial charge on any atom is -0.392 e. The lowest BCUT2D eigenvalue weighted by Gasteiger charge is -2.12. The van der Waals surface area contributed by atoms with Crippen molar-refractivity contribution >= 4 is 33.0 Å². The summed E-state index contributed by atoms with van der Waals surface area (Å²) >= 11 is 4.79. The van der Waals surface area contributed by atoms with Crippen LogP contribution in [0.25, 0.3) is 0 Å². The number of β-amino-alcohol motifs (C(OH)–C–C–N with tert-alkyl or cyclic N) is 1. The van der Waals surface area contributed by atoms with E-state index in [0.717, 1.165) is 21.6 Å². The summed E-state index contributed by atoms with van der Waals surface area (Å²) in [4.78, 5) is 14.6. The van der Waals surface area contributed by atoms with Crippen LogP contribution in [0.2, 0.25) is 0 Å². The van der Waals surface area contributed by atoms with Crippen molar-refractivity contribution in [1.29, 1.82) is 0 Å². The van der Waals surface area contributed by atoms with Crippen LogP contribution in [0.1, 0.15) is 16.1 Å². The molecule has 0 saturated carbocycles. The molecule has 1 atom stereocenters. The molecule has 1 aliphatic heterocycles. The quantitative estimate of drug-likeness (QED) is 0.862. The predicted molar refractivity (Wildman–Crippen MR) is 63.4 cm³/mol. The minimum atomic E-state index is -0.257. The first kappa shape index (κ1) is 11.3. The van der Waals surface area contributed by atoms with Crippen molar-refractivity contribution in [2.24, 2.45) is 0 Å². The highest BCUT2D eigenvalue weighted by Crippen LogP contribution is 2.23. The van der Waals surface area contributed by atoms with Crippen LogP contribution >= 0.6 is 27.3 Å². The Kier molecular flexibility index (Phi) is 3.56. The first-order chi connectivity index (χ1) is 7.15. The highest BCUT2D eigenvalue weighted by Gasteiger charge is 2.22. The van der Waals surface area contributed by atoms with Gasteiger partial charge in [-0.25, -0.2) is 0 Å². The van der Waals surface area contributed by atoms with Gasteiger partial charge in [0.05, 0.1) is 21.3 Å². The summed E-state index contributed by atoms with van der Waals surface area (Å²) in [7, 11) is 0. The Bertz CT molecular complexity index is 366. The molecular formula is C10H12BrNO2S. The molecule has 2 heterocycles. The van der Waals surface area contributed by atoms with Gasteiger partial charge in [0.25, 0.3) is 0 Å². The molecule has 1 saturated heterocycles. The van der Waals surface area contributed by atoms with Gasteiger partial charge in [0.15, 0.2) is 5.78 Å². The van der Waals surface area contributed by atoms with Crippen LogP contribution in [0.3, 0.4) is 0 Å². The van der Waals surface area contributed by atoms with E-state index < -0.39 is 0 Å². The number of hydrogen-bond donors (Lipinski definition) is 1. The molecule has 82 valence electrons. The van der Waals surface area contributed by atoms with E-state index >= 15 is 0 Å². The molecule has 0 radical (unpaired) electrons. The Morgan fingerprint density at radius 1 is 1.67 bits per heavy atom. The summed E-state index contributed by atoms with van der Waals surface area (Å²) in [5.41, 5.74) is 0. The molecule has 0 aromatic carbocycles. The lowest BCUT2D eigenvalue weighted by molar-refractivity contribution is 0.0939. The van der Waals surface area contributed by atoms with Crippen molar-refractivity contribution < 1.29 is 9.90 Å². The maximum Gasteiger partial charge on any atom is 0.186 e. The van der Waals surface area contributed by atoms with Gasteiger partial charge in [-0.15, -0.1) is 11.3 Å². The number of likely N-dealkylation sites (tertiary alicyclic amines) is 1. The highest BCUT2D eigenvalue weighted by molar-refractivity contribution is 9.11. The maximum absolute atomic E-state index is 11.8. The Morgan fingerprint density at radius 2 is 2.47 bits per heavy atom. The van der Waals surface area contributed by atoms with Crippen LogP contribution in [0.4, 0.5) is 0 Å². The summed E-state index contributed by atoms with van der Waals surface area (Å²) in [6.07, 6.45) is 0.523. The van der Waals surface area contributed by atoms with Crippen molar-refractivity contribution in [2.75, 3.05) is 19.6 Å². The van der Waals surface area contributed by atoms with Gasteiger partial charge in [0.1, 0.15) is 0 Å². The summed E-state index contributed by atoms with van der Waals surface area (Å²) in [6, 6.07) is 3.72. The molecule has 1 aromatic rings. The molecule has 3 nitrogen and oxygen atoms in total. The van der Waals surface area contributed by atoms with Gasteiger partial charge in [-0.1, -0.05) is 0 Å². The number of carbonyl (C=O) groups excluding carboxylic acids is 1. The summed E-state index contributed by atoms with van der Waals surface area (Å²) < 4.78 is 0.979. The van der Waals surface area contributed by atoms with Crippen LogP contribution in [-0.2, 0) is 0 Å². The average molecular weight is 290 g/mol. The van der Waals surface area contributed by atoms with Crippen LogP contribution in [0.5, 0.6) is 0 Å². The molecule has 1 aliphatic rings. The second-order valence-corrected chi connectivity index (χ2v) is 6.17. The first-order valence-corrected chi connectivity index (χ1v) is 6.45. The van der Waals surface area contributed by atoms with Crippen molar-refractivity contribution in [3.05, 3.63) is 20.8 Å². The monoisotopic (exact) mass is 289 g/mol. The normalized spacial score (nSPS) is 22.1. The zero-order valence-corrected chi connectivity index (χ0v) is 10.6. The number of nitrogens with zero attached hydrogens (tertiary/aromatic N) is 1. The predicted octanol–water partition coefficient (Wildman–Crippen LogP) is 1.76. The van der Waals surface area contributed by atoms with E-state index in [-0.39, 0.29) is 11.9 Å². The zero-order valence-electron chi connectivity index (χ0n) is 8.15. The third-order valence-electron chi connectivity index (χ3n) is 2.46. The number of halogens is 1. The molecule has 0 spiro atoms. The van der Waals surface area contributed by atoms with Gasteiger partial charge in [0.2, 0.25) is 0 Å². The molecule has 0 amide bonds. The van der Waals surface area contributed by atoms with E-state index in [1.165, 1.54) is 11.3 Å². The van der Waals surface area contributed by atoms with Crippen LogP contribution in [-0.4, -0.2) is 41.5 Å². The smallest absolute Gasteiger partial charge is 0.186 e. The number of carbonyl (C=O) groups is 1. The fraction of sp³-hybridized carbons (Fsp3) is 0.500. The van der Waals surface area contributed by atoms with Crippen LogP contribution < -0.4 is 0 Å². The molecule has 0 aliphatic carbocycles. The fourth-order valence-corrected chi connectivity index (χ4v) is 3.02.